The lowest BCUT2D eigenvalue weighted by molar-refractivity contribution is -0.161. The monoisotopic (exact) mass is 783 g/mol. The number of carbonyl (C=O) groups is 5. The fourth-order valence-electron chi connectivity index (χ4n) is 9.04. The van der Waals surface area contributed by atoms with Gasteiger partial charge in [0, 0.05) is 57.9 Å². The molecule has 0 aromatic heterocycles. The van der Waals surface area contributed by atoms with Gasteiger partial charge in [0.1, 0.15) is 17.2 Å². The van der Waals surface area contributed by atoms with Gasteiger partial charge < -0.3 is 24.0 Å². The molecule has 1 aliphatic carbocycles. The Morgan fingerprint density at radius 1 is 0.911 bits per heavy atom. The summed E-state index contributed by atoms with van der Waals surface area (Å²) in [6.07, 6.45) is 5.53. The van der Waals surface area contributed by atoms with E-state index in [-0.39, 0.29) is 65.9 Å². The van der Waals surface area contributed by atoms with Crippen LogP contribution in [0.15, 0.2) is 30.3 Å². The molecule has 316 valence electrons. The zero-order valence-corrected chi connectivity index (χ0v) is 36.7. The minimum Gasteiger partial charge on any atom is -0.460 e. The highest BCUT2D eigenvalue weighted by molar-refractivity contribution is 5.90. The molecule has 2 amide bonds. The maximum absolute atomic E-state index is 14.3. The van der Waals surface area contributed by atoms with Crippen molar-refractivity contribution in [1.82, 2.24) is 9.80 Å². The number of ether oxygens (including phenoxy) is 3. The number of hydrogen-bond donors (Lipinski definition) is 0. The largest absolute Gasteiger partial charge is 0.460 e. The summed E-state index contributed by atoms with van der Waals surface area (Å²) < 4.78 is 17.9. The highest BCUT2D eigenvalue weighted by Crippen LogP contribution is 2.41. The molecule has 1 saturated heterocycles. The van der Waals surface area contributed by atoms with E-state index >= 15 is 0 Å². The minimum atomic E-state index is -0.695. The third-order valence-corrected chi connectivity index (χ3v) is 12.8. The second-order valence-corrected chi connectivity index (χ2v) is 18.4. The molecule has 1 saturated carbocycles. The third kappa shape index (κ3) is 12.4. The van der Waals surface area contributed by atoms with Crippen molar-refractivity contribution in [2.45, 2.75) is 163 Å². The van der Waals surface area contributed by atoms with Crippen LogP contribution in [0.5, 0.6) is 0 Å². The zero-order valence-electron chi connectivity index (χ0n) is 36.7. The van der Waals surface area contributed by atoms with E-state index in [4.69, 9.17) is 14.2 Å². The van der Waals surface area contributed by atoms with E-state index < -0.39 is 47.6 Å². The number of likely N-dealkylation sites (N-methyl/N-ethyl adjacent to an activating group) is 1. The molecular weight excluding hydrogens is 709 g/mol. The second-order valence-electron chi connectivity index (χ2n) is 18.4. The molecule has 10 nitrogen and oxygen atoms in total. The van der Waals surface area contributed by atoms with Crippen LogP contribution in [0.1, 0.15) is 132 Å². The van der Waals surface area contributed by atoms with Crippen LogP contribution in [0.3, 0.4) is 0 Å². The van der Waals surface area contributed by atoms with Gasteiger partial charge in [0.25, 0.3) is 0 Å². The van der Waals surface area contributed by atoms with Crippen molar-refractivity contribution in [3.05, 3.63) is 35.9 Å². The van der Waals surface area contributed by atoms with Crippen LogP contribution >= 0.6 is 0 Å². The van der Waals surface area contributed by atoms with Gasteiger partial charge in [-0.05, 0) is 70.3 Å². The molecule has 8 unspecified atom stereocenters. The Bertz CT molecular complexity index is 1450. The first kappa shape index (κ1) is 47.3. The van der Waals surface area contributed by atoms with Gasteiger partial charge in [-0.3, -0.25) is 24.0 Å². The first-order valence-electron chi connectivity index (χ1n) is 21.2. The lowest BCUT2D eigenvalue weighted by Gasteiger charge is -2.41. The number of nitrogens with zero attached hydrogens (tertiary/aromatic N) is 2. The summed E-state index contributed by atoms with van der Waals surface area (Å²) in [6, 6.07) is 8.89. The number of hydrogen-bond acceptors (Lipinski definition) is 8. The van der Waals surface area contributed by atoms with E-state index in [2.05, 4.69) is 13.8 Å². The van der Waals surface area contributed by atoms with Crippen molar-refractivity contribution in [3.63, 3.8) is 0 Å². The Morgan fingerprint density at radius 3 is 2.07 bits per heavy atom. The quantitative estimate of drug-likeness (QED) is 0.116. The average molecular weight is 783 g/mol. The normalized spacial score (nSPS) is 20.8. The molecule has 10 heteroatoms. The molecule has 0 N–H and O–H groups in total. The standard InChI is InChI=1S/C46H74N2O8/c1-13-31(4)41(47(10)43(52)35(30(2)3)28-39(50)46(9)23-17-18-24-46)38(54-11)29-40(51)48-25-19-22-36(48)42(55-12)32(5)37(49)27-34(44(53)56-45(6,7)8)26-33-20-15-14-16-21-33/h14-16,20-21,30-32,34-36,38,41-42H,13,17-19,22-29H2,1-12H3. The predicted molar refractivity (Wildman–Crippen MR) is 220 cm³/mol. The fourth-order valence-corrected chi connectivity index (χ4v) is 9.04. The van der Waals surface area contributed by atoms with Crippen molar-refractivity contribution in [3.8, 4) is 0 Å². The summed E-state index contributed by atoms with van der Waals surface area (Å²) in [7, 11) is 4.96. The van der Waals surface area contributed by atoms with Gasteiger partial charge in [-0.2, -0.15) is 0 Å². The Morgan fingerprint density at radius 2 is 1.54 bits per heavy atom. The minimum absolute atomic E-state index is 0.00356. The van der Waals surface area contributed by atoms with Crippen LogP contribution in [0.4, 0.5) is 0 Å². The number of benzene rings is 1. The van der Waals surface area contributed by atoms with Crippen molar-refractivity contribution in [1.29, 1.82) is 0 Å². The summed E-state index contributed by atoms with van der Waals surface area (Å²) in [4.78, 5) is 73.1. The number of methoxy groups -OCH3 is 2. The van der Waals surface area contributed by atoms with Crippen LogP contribution in [-0.2, 0) is 44.6 Å². The van der Waals surface area contributed by atoms with Crippen molar-refractivity contribution in [2.75, 3.05) is 27.8 Å². The van der Waals surface area contributed by atoms with Crippen molar-refractivity contribution in [2.24, 2.45) is 35.0 Å². The van der Waals surface area contributed by atoms with Crippen LogP contribution in [0.25, 0.3) is 0 Å². The molecule has 0 bridgehead atoms. The zero-order chi connectivity index (χ0) is 42.0. The molecule has 56 heavy (non-hydrogen) atoms. The van der Waals surface area contributed by atoms with Gasteiger partial charge in [-0.15, -0.1) is 0 Å². The Labute approximate surface area is 338 Å². The number of Topliss-reactive ketones (excluding diaryl/α,β-unsaturated/α-hetero) is 2. The van der Waals surface area contributed by atoms with E-state index in [9.17, 15) is 24.0 Å². The summed E-state index contributed by atoms with van der Waals surface area (Å²) in [6.45, 7) is 18.0. The summed E-state index contributed by atoms with van der Waals surface area (Å²) in [5.74, 6) is -2.28. The molecule has 1 aromatic rings. The molecule has 3 rings (SSSR count). The number of rotatable bonds is 21. The molecule has 0 radical (unpaired) electrons. The first-order chi connectivity index (χ1) is 26.3. The van der Waals surface area contributed by atoms with Gasteiger partial charge in [-0.1, -0.05) is 91.1 Å². The van der Waals surface area contributed by atoms with E-state index in [1.165, 1.54) is 0 Å². The number of esters is 1. The van der Waals surface area contributed by atoms with Crippen LogP contribution in [0, 0.1) is 35.0 Å². The highest BCUT2D eigenvalue weighted by Gasteiger charge is 2.44. The molecule has 2 fully saturated rings. The SMILES string of the molecule is CCC(C)C(C(CC(=O)N1CCCC1C(OC)C(C)C(=O)CC(Cc1ccccc1)C(=O)OC(C)(C)C)OC)N(C)C(=O)C(CC(=O)C1(C)CCCC1)C(C)C. The van der Waals surface area contributed by atoms with Crippen molar-refractivity contribution >= 4 is 29.4 Å². The fraction of sp³-hybridized carbons (Fsp3) is 0.761. The van der Waals surface area contributed by atoms with Gasteiger partial charge in [0.2, 0.25) is 11.8 Å². The number of carbonyl (C=O) groups excluding carboxylic acids is 5. The first-order valence-corrected chi connectivity index (χ1v) is 21.2. The second kappa shape index (κ2) is 21.1. The van der Waals surface area contributed by atoms with E-state index in [0.29, 0.717) is 19.4 Å². The summed E-state index contributed by atoms with van der Waals surface area (Å²) >= 11 is 0. The maximum atomic E-state index is 14.3. The van der Waals surface area contributed by atoms with E-state index in [0.717, 1.165) is 44.1 Å². The lowest BCUT2D eigenvalue weighted by Crippen LogP contribution is -2.54. The Kier molecular flexibility index (Phi) is 17.8. The molecular formula is C46H74N2O8. The summed E-state index contributed by atoms with van der Waals surface area (Å²) in [5, 5.41) is 0. The molecule has 8 atom stereocenters. The Hall–Kier alpha value is -3.11. The smallest absolute Gasteiger partial charge is 0.310 e. The van der Waals surface area contributed by atoms with Crippen LogP contribution < -0.4 is 0 Å². The van der Waals surface area contributed by atoms with Crippen LogP contribution in [0.2, 0.25) is 0 Å². The number of likely N-dealkylation sites (tertiary alicyclic amines) is 1. The third-order valence-electron chi connectivity index (χ3n) is 12.8. The molecule has 2 aliphatic rings. The maximum Gasteiger partial charge on any atom is 0.310 e. The molecule has 1 heterocycles. The molecule has 0 spiro atoms. The van der Waals surface area contributed by atoms with Gasteiger partial charge in [0.05, 0.1) is 36.6 Å². The van der Waals surface area contributed by atoms with Crippen LogP contribution in [-0.4, -0.2) is 96.9 Å². The highest BCUT2D eigenvalue weighted by atomic mass is 16.6. The predicted octanol–water partition coefficient (Wildman–Crippen LogP) is 7.88. The van der Waals surface area contributed by atoms with Gasteiger partial charge in [0.15, 0.2) is 0 Å². The average Bonchev–Trinajstić information content (AvgIpc) is 3.82. The van der Waals surface area contributed by atoms with E-state index in [1.807, 2.05) is 83.7 Å². The van der Waals surface area contributed by atoms with Gasteiger partial charge in [-0.25, -0.2) is 0 Å². The lowest BCUT2D eigenvalue weighted by atomic mass is 9.77. The molecule has 1 aliphatic heterocycles. The van der Waals surface area contributed by atoms with Crippen molar-refractivity contribution < 1.29 is 38.2 Å². The number of amides is 2. The number of ketones is 2. The summed E-state index contributed by atoms with van der Waals surface area (Å²) in [5.41, 5.74) is -0.110. The molecule has 1 aromatic carbocycles. The Balaban J connectivity index is 1.79. The van der Waals surface area contributed by atoms with E-state index in [1.54, 1.807) is 26.2 Å². The topological polar surface area (TPSA) is 120 Å². The van der Waals surface area contributed by atoms with Gasteiger partial charge >= 0.3 is 5.97 Å².